The van der Waals surface area contributed by atoms with E-state index in [1.165, 1.54) is 6.08 Å². The third kappa shape index (κ3) is 7.97. The highest BCUT2D eigenvalue weighted by atomic mass is 127. The number of carbonyl (C=O) groups excluding carboxylic acids is 2. The van der Waals surface area contributed by atoms with Crippen molar-refractivity contribution in [1.82, 2.24) is 0 Å². The standard InChI is InChI=1S/C28H24ClIN2O5/c1-3-35-25-15-19(14-24(30)26(25)37-17-18-5-9-22(29)10-6-18)13-21(16-31)27(33)32-23-11-7-20(8-12-23)28(34)36-4-2/h5-15H,3-4,17H2,1-2H3,(H,32,33)/b21-13+. The van der Waals surface area contributed by atoms with E-state index in [0.29, 0.717) is 46.5 Å². The molecule has 7 nitrogen and oxygen atoms in total. The third-order valence-electron chi connectivity index (χ3n) is 4.96. The molecule has 0 unspecified atom stereocenters. The highest BCUT2D eigenvalue weighted by Gasteiger charge is 2.15. The van der Waals surface area contributed by atoms with Crippen LogP contribution in [0.2, 0.25) is 5.02 Å². The van der Waals surface area contributed by atoms with Gasteiger partial charge in [-0.2, -0.15) is 5.26 Å². The number of halogens is 2. The molecule has 0 saturated heterocycles. The molecule has 0 radical (unpaired) electrons. The first-order valence-corrected chi connectivity index (χ1v) is 12.8. The zero-order chi connectivity index (χ0) is 26.8. The summed E-state index contributed by atoms with van der Waals surface area (Å²) in [5.41, 5.74) is 2.27. The lowest BCUT2D eigenvalue weighted by atomic mass is 10.1. The molecule has 0 aliphatic heterocycles. The number of anilines is 1. The second-order valence-electron chi connectivity index (χ2n) is 7.60. The predicted octanol–water partition coefficient (Wildman–Crippen LogP) is 6.64. The molecule has 1 amide bonds. The summed E-state index contributed by atoms with van der Waals surface area (Å²) in [7, 11) is 0. The number of ether oxygens (including phenoxy) is 3. The number of amides is 1. The Bertz CT molecular complexity index is 1330. The van der Waals surface area contributed by atoms with E-state index in [1.807, 2.05) is 25.1 Å². The molecule has 3 aromatic rings. The van der Waals surface area contributed by atoms with Crippen LogP contribution in [0.3, 0.4) is 0 Å². The molecule has 190 valence electrons. The molecule has 37 heavy (non-hydrogen) atoms. The van der Waals surface area contributed by atoms with E-state index in [1.54, 1.807) is 55.5 Å². The second-order valence-corrected chi connectivity index (χ2v) is 9.20. The Balaban J connectivity index is 1.78. The van der Waals surface area contributed by atoms with Gasteiger partial charge in [0, 0.05) is 10.7 Å². The summed E-state index contributed by atoms with van der Waals surface area (Å²) in [4.78, 5) is 24.6. The van der Waals surface area contributed by atoms with Crippen molar-refractivity contribution in [3.8, 4) is 17.6 Å². The fraction of sp³-hybridized carbons (Fsp3) is 0.179. The first-order valence-electron chi connectivity index (χ1n) is 11.4. The smallest absolute Gasteiger partial charge is 0.338 e. The minimum atomic E-state index is -0.581. The highest BCUT2D eigenvalue weighted by molar-refractivity contribution is 14.1. The summed E-state index contributed by atoms with van der Waals surface area (Å²) in [6.45, 7) is 4.59. The van der Waals surface area contributed by atoms with Gasteiger partial charge < -0.3 is 19.5 Å². The van der Waals surface area contributed by atoms with E-state index in [9.17, 15) is 14.9 Å². The zero-order valence-electron chi connectivity index (χ0n) is 20.2. The molecule has 3 aromatic carbocycles. The second kappa shape index (κ2) is 13.7. The number of hydrogen-bond acceptors (Lipinski definition) is 6. The maximum absolute atomic E-state index is 12.8. The maximum atomic E-state index is 12.8. The highest BCUT2D eigenvalue weighted by Crippen LogP contribution is 2.35. The topological polar surface area (TPSA) is 97.7 Å². The average molecular weight is 631 g/mol. The Kier molecular flexibility index (Phi) is 10.4. The molecule has 1 N–H and O–H groups in total. The Labute approximate surface area is 234 Å². The first-order chi connectivity index (χ1) is 17.8. The van der Waals surface area contributed by atoms with Gasteiger partial charge in [-0.1, -0.05) is 23.7 Å². The summed E-state index contributed by atoms with van der Waals surface area (Å²) in [6.07, 6.45) is 1.48. The molecule has 0 aliphatic rings. The van der Waals surface area contributed by atoms with Gasteiger partial charge in [0.15, 0.2) is 11.5 Å². The molecular weight excluding hydrogens is 607 g/mol. The third-order valence-corrected chi connectivity index (χ3v) is 6.01. The lowest BCUT2D eigenvalue weighted by molar-refractivity contribution is -0.112. The van der Waals surface area contributed by atoms with Gasteiger partial charge in [0.2, 0.25) is 0 Å². The lowest BCUT2D eigenvalue weighted by Crippen LogP contribution is -2.13. The van der Waals surface area contributed by atoms with Gasteiger partial charge in [0.1, 0.15) is 18.2 Å². The van der Waals surface area contributed by atoms with E-state index in [0.717, 1.165) is 9.13 Å². The summed E-state index contributed by atoms with van der Waals surface area (Å²) < 4.78 is 17.5. The van der Waals surface area contributed by atoms with E-state index in [4.69, 9.17) is 25.8 Å². The number of nitriles is 1. The number of esters is 1. The molecule has 0 aliphatic carbocycles. The van der Waals surface area contributed by atoms with Crippen molar-refractivity contribution in [3.63, 3.8) is 0 Å². The number of carbonyl (C=O) groups is 2. The van der Waals surface area contributed by atoms with Crippen molar-refractivity contribution in [2.24, 2.45) is 0 Å². The van der Waals surface area contributed by atoms with E-state index in [-0.39, 0.29) is 12.2 Å². The molecule has 9 heteroatoms. The maximum Gasteiger partial charge on any atom is 0.338 e. The van der Waals surface area contributed by atoms with Crippen LogP contribution in [0.25, 0.3) is 6.08 Å². The number of hydrogen-bond donors (Lipinski definition) is 1. The van der Waals surface area contributed by atoms with Crippen molar-refractivity contribution in [3.05, 3.63) is 91.5 Å². The van der Waals surface area contributed by atoms with E-state index < -0.39 is 11.9 Å². The lowest BCUT2D eigenvalue weighted by Gasteiger charge is -2.15. The number of rotatable bonds is 10. The van der Waals surface area contributed by atoms with E-state index in [2.05, 4.69) is 27.9 Å². The van der Waals surface area contributed by atoms with Gasteiger partial charge in [-0.3, -0.25) is 4.79 Å². The van der Waals surface area contributed by atoms with Crippen LogP contribution < -0.4 is 14.8 Å². The number of nitrogens with one attached hydrogen (secondary N) is 1. The van der Waals surface area contributed by atoms with Gasteiger partial charge in [0.25, 0.3) is 5.91 Å². The SMILES string of the molecule is CCOC(=O)c1ccc(NC(=O)/C(C#N)=C/c2cc(I)c(OCc3ccc(Cl)cc3)c(OCC)c2)cc1. The molecule has 0 atom stereocenters. The van der Waals surface area contributed by atoms with Crippen LogP contribution >= 0.6 is 34.2 Å². The van der Waals surface area contributed by atoms with Crippen LogP contribution in [0, 0.1) is 14.9 Å². The minimum absolute atomic E-state index is 0.0949. The predicted molar refractivity (Wildman–Crippen MR) is 151 cm³/mol. The van der Waals surface area contributed by atoms with Crippen LogP contribution in [0.5, 0.6) is 11.5 Å². The molecule has 0 spiro atoms. The molecular formula is C28H24ClIN2O5. The number of nitrogens with zero attached hydrogens (tertiary/aromatic N) is 1. The largest absolute Gasteiger partial charge is 0.490 e. The fourth-order valence-corrected chi connectivity index (χ4v) is 4.14. The summed E-state index contributed by atoms with van der Waals surface area (Å²) in [5, 5.41) is 12.9. The Morgan fingerprint density at radius 3 is 2.35 bits per heavy atom. The van der Waals surface area contributed by atoms with E-state index >= 15 is 0 Å². The fourth-order valence-electron chi connectivity index (χ4n) is 3.23. The Morgan fingerprint density at radius 2 is 1.73 bits per heavy atom. The van der Waals surface area contributed by atoms with Crippen LogP contribution in [0.4, 0.5) is 5.69 Å². The quantitative estimate of drug-likeness (QED) is 0.117. The molecule has 0 bridgehead atoms. The van der Waals surface area contributed by atoms with Crippen LogP contribution in [0.1, 0.15) is 35.3 Å². The zero-order valence-corrected chi connectivity index (χ0v) is 23.1. The number of benzene rings is 3. The molecule has 3 rings (SSSR count). The van der Waals surface area contributed by atoms with Crippen molar-refractivity contribution in [2.45, 2.75) is 20.5 Å². The van der Waals surface area contributed by atoms with Crippen molar-refractivity contribution >= 4 is 57.8 Å². The van der Waals surface area contributed by atoms with Gasteiger partial charge in [-0.05, 0) is 102 Å². The van der Waals surface area contributed by atoms with Gasteiger partial charge in [-0.25, -0.2) is 4.79 Å². The van der Waals surface area contributed by atoms with Crippen LogP contribution in [-0.2, 0) is 16.1 Å². The Hall–Kier alpha value is -3.55. The monoisotopic (exact) mass is 630 g/mol. The average Bonchev–Trinajstić information content (AvgIpc) is 2.88. The van der Waals surface area contributed by atoms with Crippen molar-refractivity contribution in [1.29, 1.82) is 5.26 Å². The summed E-state index contributed by atoms with van der Waals surface area (Å²) >= 11 is 8.08. The van der Waals surface area contributed by atoms with Crippen molar-refractivity contribution in [2.75, 3.05) is 18.5 Å². The molecule has 0 heterocycles. The van der Waals surface area contributed by atoms with Gasteiger partial charge >= 0.3 is 5.97 Å². The molecule has 0 aromatic heterocycles. The van der Waals surface area contributed by atoms with Crippen LogP contribution in [-0.4, -0.2) is 25.1 Å². The van der Waals surface area contributed by atoms with Crippen molar-refractivity contribution < 1.29 is 23.8 Å². The minimum Gasteiger partial charge on any atom is -0.490 e. The normalized spacial score (nSPS) is 10.8. The molecule has 0 fully saturated rings. The summed E-state index contributed by atoms with van der Waals surface area (Å²) in [6, 6.07) is 19.1. The summed E-state index contributed by atoms with van der Waals surface area (Å²) in [5.74, 6) is 0.0433. The van der Waals surface area contributed by atoms with Gasteiger partial charge in [0.05, 0.1) is 22.3 Å². The Morgan fingerprint density at radius 1 is 1.03 bits per heavy atom. The van der Waals surface area contributed by atoms with Gasteiger partial charge in [-0.15, -0.1) is 0 Å². The first kappa shape index (κ1) is 28.0. The molecule has 0 saturated carbocycles. The van der Waals surface area contributed by atoms with Crippen LogP contribution in [0.15, 0.2) is 66.2 Å².